The zero-order valence-corrected chi connectivity index (χ0v) is 14.5. The average Bonchev–Trinajstić information content (AvgIpc) is 2.93. The van der Waals surface area contributed by atoms with Gasteiger partial charge in [0.1, 0.15) is 0 Å². The van der Waals surface area contributed by atoms with Crippen LogP contribution in [0.15, 0.2) is 47.4 Å². The third-order valence-corrected chi connectivity index (χ3v) is 6.33. The van der Waals surface area contributed by atoms with Crippen LogP contribution >= 0.6 is 11.3 Å². The van der Waals surface area contributed by atoms with Crippen molar-refractivity contribution in [1.29, 1.82) is 0 Å². The maximum Gasteiger partial charge on any atom is 0.289 e. The molecule has 7 nitrogen and oxygen atoms in total. The molecule has 0 bridgehead atoms. The first kappa shape index (κ1) is 16.3. The summed E-state index contributed by atoms with van der Waals surface area (Å²) >= 11 is 1.51. The van der Waals surface area contributed by atoms with E-state index in [4.69, 9.17) is 0 Å². The van der Waals surface area contributed by atoms with Gasteiger partial charge in [-0.1, -0.05) is 12.1 Å². The Morgan fingerprint density at radius 2 is 1.92 bits per heavy atom. The number of fused-ring (bicyclic) bond motifs is 1. The summed E-state index contributed by atoms with van der Waals surface area (Å²) in [5, 5.41) is 12.0. The summed E-state index contributed by atoms with van der Waals surface area (Å²) in [6.07, 6.45) is 0. The molecule has 0 aliphatic rings. The second-order valence-electron chi connectivity index (χ2n) is 5.08. The van der Waals surface area contributed by atoms with E-state index in [0.29, 0.717) is 11.2 Å². The van der Waals surface area contributed by atoms with Crippen molar-refractivity contribution >= 4 is 43.0 Å². The molecule has 0 amide bonds. The van der Waals surface area contributed by atoms with E-state index in [9.17, 15) is 18.5 Å². The van der Waals surface area contributed by atoms with E-state index in [2.05, 4.69) is 4.98 Å². The minimum absolute atomic E-state index is 0.341. The Hall–Kier alpha value is -2.52. The average molecular weight is 363 g/mol. The van der Waals surface area contributed by atoms with Crippen molar-refractivity contribution < 1.29 is 13.3 Å². The minimum atomic E-state index is -4.06. The normalized spacial score (nSPS) is 11.6. The number of nitro groups is 1. The molecule has 0 saturated heterocycles. The number of hydrogen-bond acceptors (Lipinski definition) is 6. The van der Waals surface area contributed by atoms with Crippen molar-refractivity contribution in [3.05, 3.63) is 57.6 Å². The molecule has 0 aliphatic carbocycles. The smallest absolute Gasteiger partial charge is 0.269 e. The molecule has 9 heteroatoms. The van der Waals surface area contributed by atoms with Crippen LogP contribution in [0.5, 0.6) is 0 Å². The van der Waals surface area contributed by atoms with Crippen molar-refractivity contribution in [3.8, 4) is 0 Å². The number of nitrogens with zero attached hydrogens (tertiary/aromatic N) is 3. The van der Waals surface area contributed by atoms with Gasteiger partial charge in [0, 0.05) is 13.1 Å². The number of aryl methyl sites for hydroxylation is 1. The second kappa shape index (κ2) is 5.84. The molecule has 0 aliphatic heterocycles. The third-order valence-electron chi connectivity index (χ3n) is 3.54. The first-order valence-corrected chi connectivity index (χ1v) is 9.16. The summed E-state index contributed by atoms with van der Waals surface area (Å²) in [5.41, 5.74) is 0.639. The fraction of sp³-hybridized carbons (Fsp3) is 0.133. The zero-order valence-electron chi connectivity index (χ0n) is 12.8. The second-order valence-corrected chi connectivity index (χ2v) is 8.25. The monoisotopic (exact) mass is 363 g/mol. The van der Waals surface area contributed by atoms with E-state index in [1.165, 1.54) is 42.6 Å². The number of sulfonamides is 1. The molecule has 124 valence electrons. The van der Waals surface area contributed by atoms with Crippen molar-refractivity contribution in [3.63, 3.8) is 0 Å². The van der Waals surface area contributed by atoms with Crippen LogP contribution in [-0.4, -0.2) is 25.4 Å². The fourth-order valence-electron chi connectivity index (χ4n) is 2.34. The van der Waals surface area contributed by atoms with E-state index in [1.807, 2.05) is 6.92 Å². The summed E-state index contributed by atoms with van der Waals surface area (Å²) < 4.78 is 27.6. The number of rotatable bonds is 4. The fourth-order valence-corrected chi connectivity index (χ4v) is 4.49. The number of aromatic nitrogens is 1. The van der Waals surface area contributed by atoms with Gasteiger partial charge in [-0.05, 0) is 31.2 Å². The predicted molar refractivity (Wildman–Crippen MR) is 93.0 cm³/mol. The number of thiazole rings is 1. The van der Waals surface area contributed by atoms with Gasteiger partial charge in [-0.15, -0.1) is 11.3 Å². The van der Waals surface area contributed by atoms with Crippen LogP contribution in [0.4, 0.5) is 11.4 Å². The molecule has 24 heavy (non-hydrogen) atoms. The van der Waals surface area contributed by atoms with Crippen LogP contribution in [0, 0.1) is 17.0 Å². The van der Waals surface area contributed by atoms with Gasteiger partial charge >= 0.3 is 0 Å². The molecule has 0 radical (unpaired) electrons. The number of para-hydroxylation sites is 1. The van der Waals surface area contributed by atoms with E-state index in [1.54, 1.807) is 18.2 Å². The standard InChI is InChI=1S/C15H13N3O4S2/c1-10-16-12-9-11(7-8-14(12)23-10)17(2)24(21,22)15-6-4-3-5-13(15)18(19)20/h3-9H,1-2H3. The molecule has 0 N–H and O–H groups in total. The van der Waals surface area contributed by atoms with Gasteiger partial charge in [-0.3, -0.25) is 14.4 Å². The van der Waals surface area contributed by atoms with Gasteiger partial charge in [0.2, 0.25) is 0 Å². The highest BCUT2D eigenvalue weighted by Crippen LogP contribution is 2.31. The summed E-state index contributed by atoms with van der Waals surface area (Å²) in [6, 6.07) is 10.4. The Balaban J connectivity index is 2.10. The Labute approximate surface area is 142 Å². The molecule has 0 atom stereocenters. The molecule has 3 rings (SSSR count). The number of nitro benzene ring substituents is 1. The Morgan fingerprint density at radius 3 is 2.62 bits per heavy atom. The van der Waals surface area contributed by atoms with Gasteiger partial charge < -0.3 is 0 Å². The van der Waals surface area contributed by atoms with Crippen molar-refractivity contribution in [2.24, 2.45) is 0 Å². The van der Waals surface area contributed by atoms with Crippen molar-refractivity contribution in [2.45, 2.75) is 11.8 Å². The highest BCUT2D eigenvalue weighted by molar-refractivity contribution is 7.93. The molecule has 0 spiro atoms. The summed E-state index contributed by atoms with van der Waals surface area (Å²) in [6.45, 7) is 1.87. The predicted octanol–water partition coefficient (Wildman–Crippen LogP) is 3.34. The van der Waals surface area contributed by atoms with Crippen LogP contribution in [0.1, 0.15) is 5.01 Å². The summed E-state index contributed by atoms with van der Waals surface area (Å²) in [4.78, 5) is 14.4. The molecule has 0 saturated carbocycles. The SMILES string of the molecule is Cc1nc2cc(N(C)S(=O)(=O)c3ccccc3[N+](=O)[O-])ccc2s1. The van der Waals surface area contributed by atoms with Crippen molar-refractivity contribution in [1.82, 2.24) is 4.98 Å². The van der Waals surface area contributed by atoms with Gasteiger partial charge in [0.25, 0.3) is 15.7 Å². The van der Waals surface area contributed by atoms with E-state index in [-0.39, 0.29) is 4.90 Å². The Bertz CT molecular complexity index is 1040. The van der Waals surface area contributed by atoms with Gasteiger partial charge in [-0.2, -0.15) is 0 Å². The van der Waals surface area contributed by atoms with E-state index < -0.39 is 20.6 Å². The largest absolute Gasteiger partial charge is 0.289 e. The molecule has 2 aromatic carbocycles. The van der Waals surface area contributed by atoms with Crippen LogP contribution in [0.3, 0.4) is 0 Å². The molecule has 3 aromatic rings. The highest BCUT2D eigenvalue weighted by Gasteiger charge is 2.29. The minimum Gasteiger partial charge on any atom is -0.269 e. The first-order valence-electron chi connectivity index (χ1n) is 6.90. The van der Waals surface area contributed by atoms with Crippen LogP contribution in [0.25, 0.3) is 10.2 Å². The molecular weight excluding hydrogens is 350 g/mol. The van der Waals surface area contributed by atoms with Crippen LogP contribution in [-0.2, 0) is 10.0 Å². The number of hydrogen-bond donors (Lipinski definition) is 0. The molecular formula is C15H13N3O4S2. The topological polar surface area (TPSA) is 93.4 Å². The maximum absolute atomic E-state index is 12.8. The molecule has 1 aromatic heterocycles. The zero-order chi connectivity index (χ0) is 17.5. The molecule has 0 fully saturated rings. The van der Waals surface area contributed by atoms with Crippen LogP contribution in [0.2, 0.25) is 0 Å². The number of anilines is 1. The summed E-state index contributed by atoms with van der Waals surface area (Å²) in [7, 11) is -2.69. The maximum atomic E-state index is 12.8. The highest BCUT2D eigenvalue weighted by atomic mass is 32.2. The summed E-state index contributed by atoms with van der Waals surface area (Å²) in [5.74, 6) is 0. The lowest BCUT2D eigenvalue weighted by Gasteiger charge is -2.19. The quantitative estimate of drug-likeness (QED) is 0.523. The lowest BCUT2D eigenvalue weighted by molar-refractivity contribution is -0.387. The first-order chi connectivity index (χ1) is 11.3. The van der Waals surface area contributed by atoms with E-state index in [0.717, 1.165) is 14.0 Å². The Kier molecular flexibility index (Phi) is 3.98. The van der Waals surface area contributed by atoms with Crippen molar-refractivity contribution in [2.75, 3.05) is 11.4 Å². The van der Waals surface area contributed by atoms with E-state index >= 15 is 0 Å². The van der Waals surface area contributed by atoms with Gasteiger partial charge in [-0.25, -0.2) is 13.4 Å². The van der Waals surface area contributed by atoms with Gasteiger partial charge in [0.05, 0.1) is 25.8 Å². The van der Waals surface area contributed by atoms with Gasteiger partial charge in [0.15, 0.2) is 4.90 Å². The molecule has 0 unspecified atom stereocenters. The number of benzene rings is 2. The third kappa shape index (κ3) is 2.72. The lowest BCUT2D eigenvalue weighted by Crippen LogP contribution is -2.27. The Morgan fingerprint density at radius 1 is 1.21 bits per heavy atom. The lowest BCUT2D eigenvalue weighted by atomic mass is 10.3. The van der Waals surface area contributed by atoms with Crippen LogP contribution < -0.4 is 4.31 Å². The molecule has 1 heterocycles.